The molecule has 1 aromatic rings. The number of ether oxygens (including phenoxy) is 1. The molecule has 0 aromatic heterocycles. The number of esters is 1. The molecule has 0 atom stereocenters. The second-order valence-electron chi connectivity index (χ2n) is 3.15. The van der Waals surface area contributed by atoms with Gasteiger partial charge in [-0.2, -0.15) is 0 Å². The van der Waals surface area contributed by atoms with Gasteiger partial charge in [0, 0.05) is 6.07 Å². The van der Waals surface area contributed by atoms with E-state index < -0.39 is 15.7 Å². The number of rotatable bonds is 5. The molecule has 8 heteroatoms. The van der Waals surface area contributed by atoms with E-state index in [1.807, 2.05) is 0 Å². The summed E-state index contributed by atoms with van der Waals surface area (Å²) in [7, 11) is 1.26. The highest BCUT2D eigenvalue weighted by molar-refractivity contribution is 8.00. The zero-order valence-corrected chi connectivity index (χ0v) is 11.6. The average Bonchev–Trinajstić information content (AvgIpc) is 2.35. The monoisotopic (exact) mass is 309 g/mol. The summed E-state index contributed by atoms with van der Waals surface area (Å²) in [6.07, 6.45) is 0. The predicted octanol–water partition coefficient (Wildman–Crippen LogP) is 3.34. The Bertz CT molecular complexity index is 467. The number of nitro groups is 1. The number of hydrogen-bond acceptors (Lipinski definition) is 5. The summed E-state index contributed by atoms with van der Waals surface area (Å²) in [5, 5.41) is 10.9. The Kier molecular flexibility index (Phi) is 5.71. The smallest absolute Gasteiger partial charge is 0.315 e. The molecule has 0 aliphatic carbocycles. The molecule has 0 aliphatic rings. The molecule has 0 spiro atoms. The molecule has 0 unspecified atom stereocenters. The molecular weight excluding hydrogens is 301 g/mol. The van der Waals surface area contributed by atoms with Gasteiger partial charge in [-0.05, 0) is 11.6 Å². The molecule has 0 amide bonds. The lowest BCUT2D eigenvalue weighted by molar-refractivity contribution is -0.387. The van der Waals surface area contributed by atoms with Crippen LogP contribution in [0.5, 0.6) is 0 Å². The third-order valence-corrected chi connectivity index (χ3v) is 3.55. The number of halogens is 2. The molecule has 5 nitrogen and oxygen atoms in total. The highest BCUT2D eigenvalue weighted by Gasteiger charge is 2.18. The minimum absolute atomic E-state index is 0.00185. The first kappa shape index (κ1) is 15.1. The first-order chi connectivity index (χ1) is 8.45. The van der Waals surface area contributed by atoms with E-state index in [0.717, 1.165) is 11.8 Å². The number of alkyl halides is 2. The molecule has 0 saturated carbocycles. The third kappa shape index (κ3) is 4.04. The van der Waals surface area contributed by atoms with Crippen LogP contribution in [0.3, 0.4) is 0 Å². The lowest BCUT2D eigenvalue weighted by Crippen LogP contribution is -2.03. The molecule has 18 heavy (non-hydrogen) atoms. The fourth-order valence-electron chi connectivity index (χ4n) is 1.13. The number of nitro benzene ring substituents is 1. The van der Waals surface area contributed by atoms with Crippen molar-refractivity contribution in [1.29, 1.82) is 0 Å². The number of benzene rings is 1. The maximum absolute atomic E-state index is 11.0. The zero-order valence-electron chi connectivity index (χ0n) is 9.26. The number of methoxy groups -OCH3 is 1. The Balaban J connectivity index is 2.97. The van der Waals surface area contributed by atoms with Crippen molar-refractivity contribution in [3.05, 3.63) is 33.9 Å². The van der Waals surface area contributed by atoms with Crippen molar-refractivity contribution in [2.45, 2.75) is 9.73 Å². The first-order valence-electron chi connectivity index (χ1n) is 4.71. The quantitative estimate of drug-likeness (QED) is 0.274. The normalized spacial score (nSPS) is 10.4. The summed E-state index contributed by atoms with van der Waals surface area (Å²) in [6.45, 7) is 0. The minimum Gasteiger partial charge on any atom is -0.468 e. The fraction of sp³-hybridized carbons (Fsp3) is 0.300. The van der Waals surface area contributed by atoms with Gasteiger partial charge in [-0.1, -0.05) is 6.07 Å². The van der Waals surface area contributed by atoms with Gasteiger partial charge < -0.3 is 4.74 Å². The van der Waals surface area contributed by atoms with Gasteiger partial charge in [0.05, 0.1) is 22.7 Å². The number of thioether (sulfide) groups is 1. The second kappa shape index (κ2) is 6.82. The summed E-state index contributed by atoms with van der Waals surface area (Å²) in [4.78, 5) is 20.9. The van der Waals surface area contributed by atoms with Crippen LogP contribution >= 0.6 is 35.0 Å². The summed E-state index contributed by atoms with van der Waals surface area (Å²) in [5.74, 6) is -0.451. The molecular formula is C10H9Cl2NO4S. The van der Waals surface area contributed by atoms with Crippen molar-refractivity contribution >= 4 is 46.6 Å². The summed E-state index contributed by atoms with van der Waals surface area (Å²) in [6, 6.07) is 4.39. The lowest BCUT2D eigenvalue weighted by Gasteiger charge is -2.05. The molecule has 0 radical (unpaired) electrons. The number of carbonyl (C=O) groups excluding carboxylic acids is 1. The molecule has 0 aliphatic heterocycles. The summed E-state index contributed by atoms with van der Waals surface area (Å²) < 4.78 is 4.46. The molecule has 0 saturated heterocycles. The summed E-state index contributed by atoms with van der Waals surface area (Å²) >= 11 is 12.3. The number of hydrogen-bond donors (Lipinski definition) is 0. The number of nitrogens with zero attached hydrogens (tertiary/aromatic N) is 1. The van der Waals surface area contributed by atoms with Crippen LogP contribution in [0.25, 0.3) is 0 Å². The first-order valence-corrected chi connectivity index (χ1v) is 6.57. The minimum atomic E-state index is -0.830. The van der Waals surface area contributed by atoms with Crippen molar-refractivity contribution in [3.8, 4) is 0 Å². The van der Waals surface area contributed by atoms with Crippen molar-refractivity contribution in [3.63, 3.8) is 0 Å². The summed E-state index contributed by atoms with van der Waals surface area (Å²) in [5.41, 5.74) is 0.306. The molecule has 0 fully saturated rings. The van der Waals surface area contributed by atoms with Gasteiger partial charge in [0.1, 0.15) is 4.84 Å². The Labute approximate surface area is 118 Å². The van der Waals surface area contributed by atoms with E-state index in [4.69, 9.17) is 23.2 Å². The molecule has 0 N–H and O–H groups in total. The van der Waals surface area contributed by atoms with Gasteiger partial charge in [-0.25, -0.2) is 0 Å². The van der Waals surface area contributed by atoms with Gasteiger partial charge in [0.2, 0.25) is 0 Å². The zero-order chi connectivity index (χ0) is 13.7. The van der Waals surface area contributed by atoms with Crippen molar-refractivity contribution < 1.29 is 14.5 Å². The van der Waals surface area contributed by atoms with E-state index >= 15 is 0 Å². The van der Waals surface area contributed by atoms with Crippen LogP contribution in [0.1, 0.15) is 10.4 Å². The van der Waals surface area contributed by atoms with Gasteiger partial charge in [-0.15, -0.1) is 35.0 Å². The third-order valence-electron chi connectivity index (χ3n) is 2.00. The Morgan fingerprint density at radius 2 is 2.22 bits per heavy atom. The van der Waals surface area contributed by atoms with Crippen LogP contribution in [0.4, 0.5) is 5.69 Å². The van der Waals surface area contributed by atoms with Gasteiger partial charge >= 0.3 is 5.97 Å². The Morgan fingerprint density at radius 1 is 1.56 bits per heavy atom. The lowest BCUT2D eigenvalue weighted by atomic mass is 10.2. The molecule has 0 heterocycles. The highest BCUT2D eigenvalue weighted by atomic mass is 35.5. The van der Waals surface area contributed by atoms with Crippen LogP contribution in [0.15, 0.2) is 23.1 Å². The van der Waals surface area contributed by atoms with Crippen LogP contribution in [0.2, 0.25) is 0 Å². The van der Waals surface area contributed by atoms with Crippen LogP contribution in [-0.4, -0.2) is 23.8 Å². The van der Waals surface area contributed by atoms with Crippen LogP contribution in [0, 0.1) is 10.1 Å². The molecule has 1 aromatic carbocycles. The maximum atomic E-state index is 11.0. The molecule has 0 bridgehead atoms. The standard InChI is InChI=1S/C10H9Cl2NO4S/c1-17-9(14)5-18-8-3-2-6(10(11)12)4-7(8)13(15)16/h2-4,10H,5H2,1H3. The highest BCUT2D eigenvalue weighted by Crippen LogP contribution is 2.34. The van der Waals surface area contributed by atoms with Crippen LogP contribution < -0.4 is 0 Å². The van der Waals surface area contributed by atoms with Crippen molar-refractivity contribution in [2.75, 3.05) is 12.9 Å². The van der Waals surface area contributed by atoms with E-state index in [1.54, 1.807) is 6.07 Å². The van der Waals surface area contributed by atoms with E-state index in [2.05, 4.69) is 4.74 Å². The Morgan fingerprint density at radius 3 is 2.72 bits per heavy atom. The molecule has 1 rings (SSSR count). The van der Waals surface area contributed by atoms with E-state index in [-0.39, 0.29) is 11.4 Å². The van der Waals surface area contributed by atoms with Crippen molar-refractivity contribution in [1.82, 2.24) is 0 Å². The van der Waals surface area contributed by atoms with E-state index in [0.29, 0.717) is 10.5 Å². The maximum Gasteiger partial charge on any atom is 0.315 e. The second-order valence-corrected chi connectivity index (χ2v) is 5.26. The van der Waals surface area contributed by atoms with E-state index in [9.17, 15) is 14.9 Å². The average molecular weight is 310 g/mol. The number of carbonyl (C=O) groups is 1. The van der Waals surface area contributed by atoms with Gasteiger partial charge in [0.25, 0.3) is 5.69 Å². The topological polar surface area (TPSA) is 69.4 Å². The Hall–Kier alpha value is -0.980. The SMILES string of the molecule is COC(=O)CSc1ccc(C(Cl)Cl)cc1[N+](=O)[O-]. The van der Waals surface area contributed by atoms with Gasteiger partial charge in [-0.3, -0.25) is 14.9 Å². The van der Waals surface area contributed by atoms with Crippen LogP contribution in [-0.2, 0) is 9.53 Å². The fourth-order valence-corrected chi connectivity index (χ4v) is 2.24. The van der Waals surface area contributed by atoms with Crippen molar-refractivity contribution in [2.24, 2.45) is 0 Å². The van der Waals surface area contributed by atoms with Gasteiger partial charge in [0.15, 0.2) is 0 Å². The molecule has 98 valence electrons. The largest absolute Gasteiger partial charge is 0.468 e. The predicted molar refractivity (Wildman–Crippen MR) is 70.3 cm³/mol. The van der Waals surface area contributed by atoms with E-state index in [1.165, 1.54) is 19.2 Å².